The van der Waals surface area contributed by atoms with Crippen molar-refractivity contribution in [1.29, 1.82) is 0 Å². The molecular formula is C70H56BrNO9. The first-order valence-electron chi connectivity index (χ1n) is 26.9. The maximum atomic E-state index is 14.7. The number of carbonyl (C=O) groups excluding carboxylic acids is 6. The molecule has 11 heteroatoms. The number of benzene rings is 9. The van der Waals surface area contributed by atoms with Crippen molar-refractivity contribution in [2.75, 3.05) is 4.90 Å². The topological polar surface area (TPSA) is 133 Å². The molecular weight excluding hydrogens is 1080 g/mol. The fourth-order valence-corrected chi connectivity index (χ4v) is 13.3. The molecule has 0 atom stereocenters. The third-order valence-corrected chi connectivity index (χ3v) is 17.7. The maximum Gasteiger partial charge on any atom is 0.347 e. The zero-order valence-corrected chi connectivity index (χ0v) is 48.1. The largest absolute Gasteiger partial charge is 0.426 e. The molecule has 0 spiro atoms. The number of imide groups is 1. The van der Waals surface area contributed by atoms with Crippen LogP contribution < -0.4 is 14.4 Å². The van der Waals surface area contributed by atoms with Crippen molar-refractivity contribution in [2.24, 2.45) is 0 Å². The van der Waals surface area contributed by atoms with E-state index in [1.54, 1.807) is 12.1 Å². The monoisotopic (exact) mass is 1130 g/mol. The second-order valence-corrected chi connectivity index (χ2v) is 24.3. The number of hydrogen-bond donors (Lipinski definition) is 0. The number of carbonyl (C=O) groups is 6. The standard InChI is InChI=1S/C38H30BrNO4.C32H26O5/c1-21(41)44-30-20-29-31(26-14-10-9-13-25(26)30)32-27(38(29,4)5)19-28(37(2,3)22-11-7-6-8-12-22)33-34(32)36(43)40(35(33)42)24-17-15-23(39)16-18-24;1-17(33)36-24-16-23-25(20-14-10-9-13-19(20)24)26-21(32(23,4)5)15-22(27-28(26)30(35)37-29(27)34)31(2,3)18-11-7-6-8-12-18/h6-20H,1-5H3;6-16H,1-5H3. The second kappa shape index (κ2) is 18.6. The van der Waals surface area contributed by atoms with E-state index in [2.05, 4.69) is 95.6 Å². The molecule has 0 bridgehead atoms. The first kappa shape index (κ1) is 52.9. The van der Waals surface area contributed by atoms with E-state index in [9.17, 15) is 28.8 Å². The van der Waals surface area contributed by atoms with Crippen LogP contribution in [0.25, 0.3) is 43.8 Å². The highest BCUT2D eigenvalue weighted by molar-refractivity contribution is 9.10. The van der Waals surface area contributed by atoms with Crippen LogP contribution in [0, 0.1) is 0 Å². The Bertz CT molecular complexity index is 4290. The van der Waals surface area contributed by atoms with Gasteiger partial charge < -0.3 is 14.2 Å². The summed E-state index contributed by atoms with van der Waals surface area (Å²) in [4.78, 5) is 81.1. The van der Waals surface area contributed by atoms with Gasteiger partial charge in [0, 0.05) is 61.9 Å². The molecule has 0 N–H and O–H groups in total. The van der Waals surface area contributed by atoms with Gasteiger partial charge in [-0.3, -0.25) is 19.2 Å². The zero-order chi connectivity index (χ0) is 57.4. The van der Waals surface area contributed by atoms with E-state index in [-0.39, 0.29) is 11.8 Å². The molecule has 0 fully saturated rings. The van der Waals surface area contributed by atoms with Gasteiger partial charge in [0.2, 0.25) is 0 Å². The van der Waals surface area contributed by atoms with Crippen molar-refractivity contribution in [3.63, 3.8) is 0 Å². The quantitative estimate of drug-likeness (QED) is 0.0662. The molecule has 9 aromatic carbocycles. The van der Waals surface area contributed by atoms with E-state index in [1.807, 2.05) is 121 Å². The van der Waals surface area contributed by atoms with Crippen molar-refractivity contribution in [1.82, 2.24) is 0 Å². The Balaban J connectivity index is 0.000000163. The molecule has 4 aliphatic rings. The van der Waals surface area contributed by atoms with E-state index >= 15 is 0 Å². The van der Waals surface area contributed by atoms with Crippen molar-refractivity contribution < 1.29 is 43.0 Å². The average molecular weight is 1140 g/mol. The second-order valence-electron chi connectivity index (χ2n) is 23.4. The Labute approximate surface area is 477 Å². The highest BCUT2D eigenvalue weighted by Crippen LogP contribution is 2.60. The minimum Gasteiger partial charge on any atom is -0.426 e. The summed E-state index contributed by atoms with van der Waals surface area (Å²) in [5.41, 5.74) is 10.5. The normalized spacial score (nSPS) is 15.1. The number of halogens is 1. The summed E-state index contributed by atoms with van der Waals surface area (Å²) in [7, 11) is 0. The van der Waals surface area contributed by atoms with Crippen LogP contribution in [0.5, 0.6) is 11.5 Å². The molecule has 9 aromatic rings. The van der Waals surface area contributed by atoms with Crippen LogP contribution in [0.2, 0.25) is 0 Å². The van der Waals surface area contributed by atoms with Gasteiger partial charge in [0.1, 0.15) is 11.5 Å². The van der Waals surface area contributed by atoms with Gasteiger partial charge in [-0.25, -0.2) is 14.5 Å². The highest BCUT2D eigenvalue weighted by atomic mass is 79.9. The lowest BCUT2D eigenvalue weighted by Gasteiger charge is -2.30. The molecule has 10 nitrogen and oxygen atoms in total. The van der Waals surface area contributed by atoms with E-state index in [0.29, 0.717) is 39.4 Å². The van der Waals surface area contributed by atoms with Gasteiger partial charge in [0.05, 0.1) is 27.9 Å². The molecule has 2 aliphatic heterocycles. The smallest absolute Gasteiger partial charge is 0.347 e. The van der Waals surface area contributed by atoms with E-state index in [4.69, 9.17) is 14.2 Å². The van der Waals surface area contributed by atoms with E-state index < -0.39 is 45.5 Å². The van der Waals surface area contributed by atoms with Crippen molar-refractivity contribution in [3.8, 4) is 33.8 Å². The number of hydrogen-bond acceptors (Lipinski definition) is 9. The summed E-state index contributed by atoms with van der Waals surface area (Å²) in [5, 5.41) is 3.26. The van der Waals surface area contributed by atoms with E-state index in [0.717, 1.165) is 92.8 Å². The Hall–Kier alpha value is -8.80. The highest BCUT2D eigenvalue weighted by Gasteiger charge is 2.51. The SMILES string of the molecule is CC(=O)Oc1cc2c(c3ccccc13)-c1c(cc(C(C)(C)c3ccccc3)c3c1C(=O)N(c1ccc(Br)cc1)C3=O)C2(C)C.CC(=O)Oc1cc2c(c3ccccc13)-c1c(cc(C(C)(C)c3ccccc3)c3c1C(=O)OC3=O)C2(C)C. The van der Waals surface area contributed by atoms with Crippen LogP contribution in [0.3, 0.4) is 0 Å². The number of rotatable bonds is 7. The summed E-state index contributed by atoms with van der Waals surface area (Å²) in [6.07, 6.45) is 0. The average Bonchev–Trinajstić information content (AvgIpc) is 1.87. The predicted molar refractivity (Wildman–Crippen MR) is 318 cm³/mol. The number of anilines is 1. The molecule has 2 amide bonds. The van der Waals surface area contributed by atoms with Gasteiger partial charge in [-0.1, -0.05) is 193 Å². The van der Waals surface area contributed by atoms with Gasteiger partial charge in [-0.2, -0.15) is 0 Å². The summed E-state index contributed by atoms with van der Waals surface area (Å²) in [6.45, 7) is 19.6. The lowest BCUT2D eigenvalue weighted by atomic mass is 9.72. The van der Waals surface area contributed by atoms with Crippen LogP contribution in [0.15, 0.2) is 162 Å². The predicted octanol–water partition coefficient (Wildman–Crippen LogP) is 15.7. The number of fused-ring (bicyclic) bond motifs is 14. The first-order valence-corrected chi connectivity index (χ1v) is 27.7. The first-order chi connectivity index (χ1) is 38.5. The van der Waals surface area contributed by atoms with Crippen molar-refractivity contribution in [3.05, 3.63) is 229 Å². The molecule has 0 radical (unpaired) electrons. The van der Waals surface area contributed by atoms with Crippen molar-refractivity contribution >= 4 is 78.9 Å². The number of amides is 2. The molecule has 0 unspecified atom stereocenters. The van der Waals surface area contributed by atoms with Gasteiger partial charge in [0.15, 0.2) is 0 Å². The number of ether oxygens (including phenoxy) is 3. The summed E-state index contributed by atoms with van der Waals surface area (Å²) in [5.74, 6) is -1.77. The molecule has 0 saturated carbocycles. The summed E-state index contributed by atoms with van der Waals surface area (Å²) < 4.78 is 17.5. The van der Waals surface area contributed by atoms with Crippen molar-refractivity contribution in [2.45, 2.75) is 90.9 Å². The number of cyclic esters (lactones) is 2. The Kier molecular flexibility index (Phi) is 12.2. The summed E-state index contributed by atoms with van der Waals surface area (Å²) >= 11 is 3.47. The number of esters is 4. The third kappa shape index (κ3) is 7.94. The van der Waals surface area contributed by atoms with Crippen LogP contribution in [-0.4, -0.2) is 35.7 Å². The minimum atomic E-state index is -0.626. The Morgan fingerprint density at radius 3 is 1.26 bits per heavy atom. The molecule has 13 rings (SSSR count). The van der Waals surface area contributed by atoms with Crippen LogP contribution in [0.4, 0.5) is 5.69 Å². The fourth-order valence-electron chi connectivity index (χ4n) is 13.0. The Morgan fingerprint density at radius 1 is 0.444 bits per heavy atom. The molecule has 402 valence electrons. The van der Waals surface area contributed by atoms with Crippen LogP contribution >= 0.6 is 15.9 Å². The van der Waals surface area contributed by atoms with Gasteiger partial charge >= 0.3 is 23.9 Å². The Morgan fingerprint density at radius 2 is 0.815 bits per heavy atom. The maximum absolute atomic E-state index is 14.7. The minimum absolute atomic E-state index is 0.318. The van der Waals surface area contributed by atoms with Crippen LogP contribution in [-0.2, 0) is 36.0 Å². The molecule has 2 heterocycles. The lowest BCUT2D eigenvalue weighted by molar-refractivity contribution is -0.132. The molecule has 81 heavy (non-hydrogen) atoms. The van der Waals surface area contributed by atoms with Gasteiger partial charge in [-0.05, 0) is 103 Å². The summed E-state index contributed by atoms with van der Waals surface area (Å²) in [6, 6.07) is 50.7. The van der Waals surface area contributed by atoms with E-state index in [1.165, 1.54) is 18.7 Å². The molecule has 0 aromatic heterocycles. The third-order valence-electron chi connectivity index (χ3n) is 17.2. The van der Waals surface area contributed by atoms with Crippen LogP contribution in [0.1, 0.15) is 155 Å². The van der Waals surface area contributed by atoms with Gasteiger partial charge in [-0.15, -0.1) is 0 Å². The number of nitrogens with zero attached hydrogens (tertiary/aromatic N) is 1. The molecule has 2 aliphatic carbocycles. The zero-order valence-electron chi connectivity index (χ0n) is 46.5. The lowest BCUT2D eigenvalue weighted by Crippen LogP contribution is -2.30. The fraction of sp³-hybridized carbons (Fsp3) is 0.200. The van der Waals surface area contributed by atoms with Gasteiger partial charge in [0.25, 0.3) is 11.8 Å². The molecule has 0 saturated heterocycles.